The number of hydrogen-bond acceptors (Lipinski definition) is 4. The second-order valence-electron chi connectivity index (χ2n) is 7.21. The van der Waals surface area contributed by atoms with Crippen LogP contribution in [-0.2, 0) is 0 Å². The zero-order chi connectivity index (χ0) is 15.2. The number of nitrogens with one attached hydrogen (secondary N) is 2. The van der Waals surface area contributed by atoms with Crippen LogP contribution in [0.4, 0.5) is 0 Å². The summed E-state index contributed by atoms with van der Waals surface area (Å²) < 4.78 is 0. The summed E-state index contributed by atoms with van der Waals surface area (Å²) in [6.07, 6.45) is 1.97. The molecule has 0 unspecified atom stereocenters. The lowest BCUT2D eigenvalue weighted by atomic mass is 9.97. The molecule has 2 N–H and O–H groups in total. The molecule has 0 bridgehead atoms. The van der Waals surface area contributed by atoms with Crippen LogP contribution < -0.4 is 10.6 Å². The van der Waals surface area contributed by atoms with Gasteiger partial charge in [-0.15, -0.1) is 0 Å². The lowest BCUT2D eigenvalue weighted by molar-refractivity contribution is 0.398. The van der Waals surface area contributed by atoms with Crippen LogP contribution in [-0.4, -0.2) is 48.7 Å². The minimum absolute atomic E-state index is 0.0911. The first kappa shape index (κ1) is 17.3. The van der Waals surface area contributed by atoms with Gasteiger partial charge in [0.05, 0.1) is 13.1 Å². The van der Waals surface area contributed by atoms with Crippen LogP contribution >= 0.6 is 0 Å². The highest BCUT2D eigenvalue weighted by Crippen LogP contribution is 2.11. The Morgan fingerprint density at radius 1 is 0.750 bits per heavy atom. The highest BCUT2D eigenvalue weighted by molar-refractivity contribution is 5.83. The molecule has 1 rings (SSSR count). The van der Waals surface area contributed by atoms with Gasteiger partial charge in [0.1, 0.15) is 0 Å². The van der Waals surface area contributed by atoms with Crippen LogP contribution in [0.2, 0.25) is 0 Å². The Morgan fingerprint density at radius 2 is 1.10 bits per heavy atom. The van der Waals surface area contributed by atoms with Crippen LogP contribution in [0.5, 0.6) is 0 Å². The standard InChI is InChI=1S/C16H32N4/c1-13-11-15(3,4)19-10-8-18-14(2)12-16(5,6)20-9-7-17-13/h19-20H,7-12H2,1-6H3/b17-13+,18-14+. The van der Waals surface area contributed by atoms with Gasteiger partial charge < -0.3 is 10.6 Å². The molecule has 4 heteroatoms. The molecule has 1 heterocycles. The van der Waals surface area contributed by atoms with Gasteiger partial charge >= 0.3 is 0 Å². The molecular weight excluding hydrogens is 248 g/mol. The van der Waals surface area contributed by atoms with Gasteiger partial charge in [-0.2, -0.15) is 0 Å². The van der Waals surface area contributed by atoms with Crippen molar-refractivity contribution >= 4 is 11.4 Å². The van der Waals surface area contributed by atoms with E-state index in [-0.39, 0.29) is 11.1 Å². The van der Waals surface area contributed by atoms with Crippen LogP contribution in [0.25, 0.3) is 0 Å². The van der Waals surface area contributed by atoms with Gasteiger partial charge in [-0.3, -0.25) is 9.98 Å². The maximum absolute atomic E-state index is 4.68. The molecule has 0 aliphatic carbocycles. The van der Waals surface area contributed by atoms with Crippen molar-refractivity contribution < 1.29 is 0 Å². The van der Waals surface area contributed by atoms with Gasteiger partial charge in [-0.05, 0) is 41.5 Å². The van der Waals surface area contributed by atoms with E-state index < -0.39 is 0 Å². The minimum Gasteiger partial charge on any atom is -0.310 e. The van der Waals surface area contributed by atoms with E-state index in [4.69, 9.17) is 0 Å². The van der Waals surface area contributed by atoms with Gasteiger partial charge in [0.2, 0.25) is 0 Å². The summed E-state index contributed by atoms with van der Waals surface area (Å²) in [6, 6.07) is 0. The summed E-state index contributed by atoms with van der Waals surface area (Å²) in [5.74, 6) is 0. The maximum atomic E-state index is 4.68. The first-order valence-electron chi connectivity index (χ1n) is 7.70. The first-order valence-corrected chi connectivity index (χ1v) is 7.70. The smallest absolute Gasteiger partial charge is 0.0513 e. The second kappa shape index (κ2) is 7.32. The topological polar surface area (TPSA) is 48.8 Å². The minimum atomic E-state index is 0.0911. The van der Waals surface area contributed by atoms with Crippen molar-refractivity contribution in [3.8, 4) is 0 Å². The van der Waals surface area contributed by atoms with Crippen molar-refractivity contribution in [3.05, 3.63) is 0 Å². The zero-order valence-corrected chi connectivity index (χ0v) is 14.1. The normalized spacial score (nSPS) is 30.5. The predicted molar refractivity (Wildman–Crippen MR) is 89.3 cm³/mol. The van der Waals surface area contributed by atoms with Crippen molar-refractivity contribution in [3.63, 3.8) is 0 Å². The fourth-order valence-electron chi connectivity index (χ4n) is 2.80. The first-order chi connectivity index (χ1) is 9.20. The Kier molecular flexibility index (Phi) is 6.34. The molecule has 20 heavy (non-hydrogen) atoms. The molecule has 0 spiro atoms. The molecule has 0 aromatic heterocycles. The van der Waals surface area contributed by atoms with Gasteiger partial charge in [-0.1, -0.05) is 0 Å². The van der Waals surface area contributed by atoms with Crippen molar-refractivity contribution in [1.29, 1.82) is 0 Å². The van der Waals surface area contributed by atoms with Gasteiger partial charge in [0.15, 0.2) is 0 Å². The number of rotatable bonds is 0. The Morgan fingerprint density at radius 3 is 1.45 bits per heavy atom. The summed E-state index contributed by atoms with van der Waals surface area (Å²) in [4.78, 5) is 9.35. The SMILES string of the molecule is C/C1=N\CCNC(C)(C)C/C(C)=N/CCNC(C)(C)C1. The molecule has 0 fully saturated rings. The summed E-state index contributed by atoms with van der Waals surface area (Å²) in [5, 5.41) is 7.16. The third-order valence-corrected chi connectivity index (χ3v) is 3.59. The Bertz CT molecular complexity index is 331. The molecule has 1 aliphatic rings. The summed E-state index contributed by atoms with van der Waals surface area (Å²) in [6.45, 7) is 16.7. The molecule has 0 aromatic rings. The zero-order valence-electron chi connectivity index (χ0n) is 14.1. The largest absolute Gasteiger partial charge is 0.310 e. The maximum Gasteiger partial charge on any atom is 0.0513 e. The van der Waals surface area contributed by atoms with Gasteiger partial charge in [0.25, 0.3) is 0 Å². The highest BCUT2D eigenvalue weighted by atomic mass is 15.0. The van der Waals surface area contributed by atoms with Gasteiger partial charge in [0, 0.05) is 48.4 Å². The number of hydrogen-bond donors (Lipinski definition) is 2. The number of nitrogens with zero attached hydrogens (tertiary/aromatic N) is 2. The summed E-state index contributed by atoms with van der Waals surface area (Å²) in [5.41, 5.74) is 2.62. The van der Waals surface area contributed by atoms with Crippen LogP contribution in [0.3, 0.4) is 0 Å². The van der Waals surface area contributed by atoms with E-state index in [2.05, 4.69) is 62.2 Å². The Balaban J connectivity index is 2.73. The summed E-state index contributed by atoms with van der Waals surface area (Å²) in [7, 11) is 0. The van der Waals surface area contributed by atoms with E-state index in [1.165, 1.54) is 11.4 Å². The molecule has 116 valence electrons. The van der Waals surface area contributed by atoms with E-state index in [1.807, 2.05) is 0 Å². The van der Waals surface area contributed by atoms with Crippen molar-refractivity contribution in [1.82, 2.24) is 10.6 Å². The van der Waals surface area contributed by atoms with Crippen molar-refractivity contribution in [2.45, 2.75) is 65.5 Å². The Hall–Kier alpha value is -0.740. The Labute approximate surface area is 124 Å². The molecule has 0 amide bonds. The molecule has 0 saturated carbocycles. The van der Waals surface area contributed by atoms with Crippen molar-refractivity contribution in [2.75, 3.05) is 26.2 Å². The molecule has 0 saturated heterocycles. The molecule has 0 radical (unpaired) electrons. The second-order valence-corrected chi connectivity index (χ2v) is 7.21. The molecule has 0 atom stereocenters. The quantitative estimate of drug-likeness (QED) is 0.716. The van der Waals surface area contributed by atoms with Crippen molar-refractivity contribution in [2.24, 2.45) is 9.98 Å². The fourth-order valence-corrected chi connectivity index (χ4v) is 2.80. The lowest BCUT2D eigenvalue weighted by Gasteiger charge is -2.28. The van der Waals surface area contributed by atoms with E-state index in [0.29, 0.717) is 0 Å². The van der Waals surface area contributed by atoms with E-state index in [1.54, 1.807) is 0 Å². The fraction of sp³-hybridized carbons (Fsp3) is 0.875. The van der Waals surface area contributed by atoms with Crippen LogP contribution in [0, 0.1) is 0 Å². The third-order valence-electron chi connectivity index (χ3n) is 3.59. The number of aliphatic imine (C=N–C) groups is 2. The average Bonchev–Trinajstić information content (AvgIpc) is 2.28. The van der Waals surface area contributed by atoms with Crippen LogP contribution in [0.1, 0.15) is 54.4 Å². The van der Waals surface area contributed by atoms with Gasteiger partial charge in [-0.25, -0.2) is 0 Å². The summed E-state index contributed by atoms with van der Waals surface area (Å²) >= 11 is 0. The average molecular weight is 280 g/mol. The van der Waals surface area contributed by atoms with E-state index in [0.717, 1.165) is 39.0 Å². The third kappa shape index (κ3) is 7.15. The highest BCUT2D eigenvalue weighted by Gasteiger charge is 2.19. The monoisotopic (exact) mass is 280 g/mol. The molecular formula is C16H32N4. The molecule has 0 aromatic carbocycles. The van der Waals surface area contributed by atoms with E-state index >= 15 is 0 Å². The van der Waals surface area contributed by atoms with E-state index in [9.17, 15) is 0 Å². The van der Waals surface area contributed by atoms with Crippen LogP contribution in [0.15, 0.2) is 9.98 Å². The predicted octanol–water partition coefficient (Wildman–Crippen LogP) is 2.44. The molecule has 4 nitrogen and oxygen atoms in total. The molecule has 1 aliphatic heterocycles. The lowest BCUT2D eigenvalue weighted by Crippen LogP contribution is -2.44.